The molecule has 0 spiro atoms. The van der Waals surface area contributed by atoms with Crippen LogP contribution < -0.4 is 0 Å². The summed E-state index contributed by atoms with van der Waals surface area (Å²) in [6.45, 7) is 3.53. The maximum atomic E-state index is 12.4. The number of benzene rings is 2. The van der Waals surface area contributed by atoms with Crippen LogP contribution in [0.4, 0.5) is 0 Å². The minimum Gasteiger partial charge on any atom is -0.451 e. The van der Waals surface area contributed by atoms with Crippen molar-refractivity contribution < 1.29 is 14.3 Å². The maximum Gasteiger partial charge on any atom is 0.341 e. The minimum atomic E-state index is -0.976. The van der Waals surface area contributed by atoms with E-state index in [2.05, 4.69) is 0 Å². The first-order valence-corrected chi connectivity index (χ1v) is 8.46. The van der Waals surface area contributed by atoms with E-state index in [1.807, 2.05) is 19.1 Å². The van der Waals surface area contributed by atoms with Gasteiger partial charge in [0.25, 0.3) is 0 Å². The molecule has 0 saturated heterocycles. The lowest BCUT2D eigenvalue weighted by Gasteiger charge is -2.14. The van der Waals surface area contributed by atoms with Gasteiger partial charge in [-0.15, -0.1) is 0 Å². The number of carbonyl (C=O) groups is 2. The highest BCUT2D eigenvalue weighted by Gasteiger charge is 2.24. The van der Waals surface area contributed by atoms with E-state index >= 15 is 0 Å². The summed E-state index contributed by atoms with van der Waals surface area (Å²) in [4.78, 5) is 24.7. The van der Waals surface area contributed by atoms with Crippen LogP contribution in [0.25, 0.3) is 0 Å². The molecule has 0 aliphatic carbocycles. The smallest absolute Gasteiger partial charge is 0.341 e. The largest absolute Gasteiger partial charge is 0.451 e. The zero-order valence-electron chi connectivity index (χ0n) is 13.1. The third-order valence-electron chi connectivity index (χ3n) is 3.55. The Balaban J connectivity index is 2.16. The molecule has 2 aromatic rings. The summed E-state index contributed by atoms with van der Waals surface area (Å²) in [7, 11) is 0. The van der Waals surface area contributed by atoms with E-state index in [1.54, 1.807) is 12.1 Å². The van der Waals surface area contributed by atoms with Crippen molar-refractivity contribution in [3.63, 3.8) is 0 Å². The van der Waals surface area contributed by atoms with Gasteiger partial charge < -0.3 is 4.74 Å². The van der Waals surface area contributed by atoms with Crippen molar-refractivity contribution >= 4 is 46.6 Å². The van der Waals surface area contributed by atoms with Gasteiger partial charge in [0.1, 0.15) is 0 Å². The fraction of sp³-hybridized carbons (Fsp3) is 0.222. The number of hydrogen-bond acceptors (Lipinski definition) is 3. The molecule has 3 nitrogen and oxygen atoms in total. The summed E-state index contributed by atoms with van der Waals surface area (Å²) in [5.41, 5.74) is 1.54. The summed E-state index contributed by atoms with van der Waals surface area (Å²) in [6, 6.07) is 10.1. The molecule has 0 fully saturated rings. The average Bonchev–Trinajstić information content (AvgIpc) is 2.58. The summed E-state index contributed by atoms with van der Waals surface area (Å²) >= 11 is 17.9. The van der Waals surface area contributed by atoms with Crippen molar-refractivity contribution in [2.75, 3.05) is 0 Å². The first-order valence-electron chi connectivity index (χ1n) is 7.32. The molecule has 0 radical (unpaired) electrons. The highest BCUT2D eigenvalue weighted by atomic mass is 35.5. The topological polar surface area (TPSA) is 43.4 Å². The molecule has 6 heteroatoms. The predicted octanol–water partition coefficient (Wildman–Crippen LogP) is 5.64. The number of halogens is 3. The molecule has 1 atom stereocenters. The molecule has 0 aromatic heterocycles. The van der Waals surface area contributed by atoms with Crippen molar-refractivity contribution in [1.29, 1.82) is 0 Å². The lowest BCUT2D eigenvalue weighted by Crippen LogP contribution is -2.24. The van der Waals surface area contributed by atoms with Crippen molar-refractivity contribution in [2.45, 2.75) is 26.4 Å². The van der Waals surface area contributed by atoms with Crippen molar-refractivity contribution in [2.24, 2.45) is 0 Å². The molecule has 0 saturated carbocycles. The normalized spacial score (nSPS) is 11.9. The highest BCUT2D eigenvalue weighted by molar-refractivity contribution is 6.46. The van der Waals surface area contributed by atoms with Gasteiger partial charge in [0, 0.05) is 5.56 Å². The van der Waals surface area contributed by atoms with E-state index in [4.69, 9.17) is 39.5 Å². The number of ketones is 1. The highest BCUT2D eigenvalue weighted by Crippen LogP contribution is 2.32. The first kappa shape index (κ1) is 18.8. The van der Waals surface area contributed by atoms with Crippen molar-refractivity contribution in [3.8, 4) is 0 Å². The lowest BCUT2D eigenvalue weighted by atomic mass is 10.0. The fourth-order valence-electron chi connectivity index (χ4n) is 2.13. The van der Waals surface area contributed by atoms with E-state index in [1.165, 1.54) is 19.1 Å². The van der Waals surface area contributed by atoms with Crippen LogP contribution in [0.2, 0.25) is 15.1 Å². The number of rotatable bonds is 5. The van der Waals surface area contributed by atoms with E-state index in [-0.39, 0.29) is 26.4 Å². The van der Waals surface area contributed by atoms with Crippen molar-refractivity contribution in [1.82, 2.24) is 0 Å². The Hall–Kier alpha value is -1.55. The minimum absolute atomic E-state index is 0.00103. The van der Waals surface area contributed by atoms with Gasteiger partial charge in [0.05, 0.1) is 20.6 Å². The van der Waals surface area contributed by atoms with Gasteiger partial charge in [0.2, 0.25) is 5.78 Å². The molecule has 0 heterocycles. The SMILES string of the molecule is CCc1ccc(C(=O)[C@H](C)OC(=O)c2c(Cl)ccc(Cl)c2Cl)cc1. The van der Waals surface area contributed by atoms with Gasteiger partial charge in [-0.3, -0.25) is 4.79 Å². The molecule has 0 aliphatic rings. The van der Waals surface area contributed by atoms with Crippen LogP contribution in [0, 0.1) is 0 Å². The molecular formula is C18H15Cl3O3. The van der Waals surface area contributed by atoms with Crippen molar-refractivity contribution in [3.05, 3.63) is 68.2 Å². The second-order valence-corrected chi connectivity index (χ2v) is 6.37. The van der Waals surface area contributed by atoms with Gasteiger partial charge in [-0.25, -0.2) is 4.79 Å². The Labute approximate surface area is 155 Å². The number of aryl methyl sites for hydroxylation is 1. The number of ether oxygens (including phenoxy) is 1. The number of esters is 1. The standard InChI is InChI=1S/C18H15Cl3O3/c1-3-11-4-6-12(7-5-11)17(22)10(2)24-18(23)15-13(19)8-9-14(20)16(15)21/h4-10H,3H2,1-2H3/t10-/m0/s1. The predicted molar refractivity (Wildman–Crippen MR) is 96.5 cm³/mol. The van der Waals surface area contributed by atoms with Crippen LogP contribution in [0.5, 0.6) is 0 Å². The molecule has 0 N–H and O–H groups in total. The Kier molecular flexibility index (Phi) is 6.27. The van der Waals surface area contributed by atoms with Crippen LogP contribution in [0.15, 0.2) is 36.4 Å². The quantitative estimate of drug-likeness (QED) is 0.380. The monoisotopic (exact) mass is 384 g/mol. The third-order valence-corrected chi connectivity index (χ3v) is 4.67. The van der Waals surface area contributed by atoms with Crippen LogP contribution >= 0.6 is 34.8 Å². The third kappa shape index (κ3) is 4.10. The molecule has 0 unspecified atom stereocenters. The molecule has 126 valence electrons. The Morgan fingerprint density at radius 2 is 1.58 bits per heavy atom. The van der Waals surface area contributed by atoms with E-state index in [0.717, 1.165) is 12.0 Å². The summed E-state index contributed by atoms with van der Waals surface area (Å²) in [6.07, 6.45) is -0.0961. The summed E-state index contributed by atoms with van der Waals surface area (Å²) in [5.74, 6) is -1.10. The number of Topliss-reactive ketones (excluding diaryl/α,β-unsaturated/α-hetero) is 1. The van der Waals surface area contributed by atoms with Gasteiger partial charge in [-0.1, -0.05) is 66.0 Å². The van der Waals surface area contributed by atoms with Gasteiger partial charge in [0.15, 0.2) is 6.10 Å². The molecule has 2 aromatic carbocycles. The van der Waals surface area contributed by atoms with E-state index in [0.29, 0.717) is 5.56 Å². The van der Waals surface area contributed by atoms with Gasteiger partial charge in [-0.05, 0) is 31.0 Å². The van der Waals surface area contributed by atoms with Crippen LogP contribution in [-0.2, 0) is 11.2 Å². The van der Waals surface area contributed by atoms with Crippen LogP contribution in [0.3, 0.4) is 0 Å². The maximum absolute atomic E-state index is 12.4. The molecular weight excluding hydrogens is 371 g/mol. The second kappa shape index (κ2) is 8.02. The Morgan fingerprint density at radius 1 is 1.00 bits per heavy atom. The zero-order valence-corrected chi connectivity index (χ0v) is 15.4. The van der Waals surface area contributed by atoms with Gasteiger partial charge in [-0.2, -0.15) is 0 Å². The average molecular weight is 386 g/mol. The molecule has 0 aliphatic heterocycles. The Morgan fingerprint density at radius 3 is 2.17 bits per heavy atom. The molecule has 24 heavy (non-hydrogen) atoms. The number of hydrogen-bond donors (Lipinski definition) is 0. The second-order valence-electron chi connectivity index (χ2n) is 5.18. The molecule has 0 amide bonds. The first-order chi connectivity index (χ1) is 11.3. The van der Waals surface area contributed by atoms with Gasteiger partial charge >= 0.3 is 5.97 Å². The fourth-order valence-corrected chi connectivity index (χ4v) is 2.81. The Bertz CT molecular complexity index is 770. The summed E-state index contributed by atoms with van der Waals surface area (Å²) in [5, 5.41) is 0.296. The number of carbonyl (C=O) groups excluding carboxylic acids is 2. The molecule has 2 rings (SSSR count). The summed E-state index contributed by atoms with van der Waals surface area (Å²) < 4.78 is 5.21. The van der Waals surface area contributed by atoms with Crippen LogP contribution in [0.1, 0.15) is 40.1 Å². The zero-order chi connectivity index (χ0) is 17.9. The lowest BCUT2D eigenvalue weighted by molar-refractivity contribution is 0.0319. The van der Waals surface area contributed by atoms with Crippen LogP contribution in [-0.4, -0.2) is 17.9 Å². The van der Waals surface area contributed by atoms with E-state index < -0.39 is 12.1 Å². The molecule has 0 bridgehead atoms. The van der Waals surface area contributed by atoms with E-state index in [9.17, 15) is 9.59 Å².